The molecule has 0 aliphatic carbocycles. The summed E-state index contributed by atoms with van der Waals surface area (Å²) in [6, 6.07) is 10.4. The second kappa shape index (κ2) is 8.75. The Labute approximate surface area is 159 Å². The smallest absolute Gasteiger partial charge is 0.262 e. The first-order valence-electron chi connectivity index (χ1n) is 7.49. The first kappa shape index (κ1) is 19.1. The molecule has 0 unspecified atom stereocenters. The maximum Gasteiger partial charge on any atom is 0.262 e. The number of hydrogen-bond acceptors (Lipinski definition) is 4. The van der Waals surface area contributed by atoms with Gasteiger partial charge in [0.1, 0.15) is 0 Å². The number of halogens is 2. The van der Waals surface area contributed by atoms with Gasteiger partial charge in [0.2, 0.25) is 0 Å². The lowest BCUT2D eigenvalue weighted by Crippen LogP contribution is -2.21. The van der Waals surface area contributed by atoms with Crippen LogP contribution in [0, 0.1) is 18.3 Å². The Bertz CT molecular complexity index is 834. The number of hydrogen-bond donors (Lipinski definition) is 1. The van der Waals surface area contributed by atoms with E-state index in [4.69, 9.17) is 26.3 Å². The Hall–Kier alpha value is -2.23. The monoisotopic (exact) mass is 422 g/mol. The molecule has 130 valence electrons. The van der Waals surface area contributed by atoms with Crippen LogP contribution in [0.2, 0.25) is 5.02 Å². The largest absolute Gasteiger partial charge is 0.490 e. The van der Waals surface area contributed by atoms with Crippen molar-refractivity contribution in [2.75, 3.05) is 18.5 Å². The predicted octanol–water partition coefficient (Wildman–Crippen LogP) is 4.70. The van der Waals surface area contributed by atoms with E-state index in [1.165, 1.54) is 0 Å². The number of carbonyl (C=O) groups is 1. The number of nitriles is 1. The zero-order valence-corrected chi connectivity index (χ0v) is 16.1. The average molecular weight is 424 g/mol. The molecule has 0 heterocycles. The Morgan fingerprint density at radius 3 is 2.72 bits per heavy atom. The van der Waals surface area contributed by atoms with Crippen molar-refractivity contribution in [3.63, 3.8) is 0 Å². The molecule has 1 N–H and O–H groups in total. The Morgan fingerprint density at radius 1 is 1.32 bits per heavy atom. The van der Waals surface area contributed by atoms with E-state index in [0.717, 1.165) is 5.56 Å². The highest BCUT2D eigenvalue weighted by Crippen LogP contribution is 2.36. The molecule has 0 aromatic heterocycles. The van der Waals surface area contributed by atoms with Crippen LogP contribution in [0.25, 0.3) is 0 Å². The number of amides is 1. The van der Waals surface area contributed by atoms with Gasteiger partial charge in [-0.05, 0) is 59.6 Å². The van der Waals surface area contributed by atoms with Gasteiger partial charge in [0, 0.05) is 16.8 Å². The van der Waals surface area contributed by atoms with Crippen molar-refractivity contribution in [1.29, 1.82) is 5.26 Å². The topological polar surface area (TPSA) is 71.3 Å². The van der Waals surface area contributed by atoms with Gasteiger partial charge in [0.05, 0.1) is 22.7 Å². The molecule has 2 aromatic rings. The fourth-order valence-corrected chi connectivity index (χ4v) is 2.91. The van der Waals surface area contributed by atoms with Gasteiger partial charge >= 0.3 is 0 Å². The Morgan fingerprint density at radius 2 is 2.08 bits per heavy atom. The fourth-order valence-electron chi connectivity index (χ4n) is 2.13. The molecule has 5 nitrogen and oxygen atoms in total. The standard InChI is InChI=1S/C18H16BrClN2O3/c1-3-24-16-8-12(9-21)7-14(19)18(16)25-10-17(23)22-15-5-4-13(20)6-11(15)2/h4-8H,3,10H2,1-2H3,(H,22,23). The minimum absolute atomic E-state index is 0.202. The highest BCUT2D eigenvalue weighted by atomic mass is 79.9. The molecule has 0 aliphatic heterocycles. The number of carbonyl (C=O) groups excluding carboxylic acids is 1. The Balaban J connectivity index is 2.10. The summed E-state index contributed by atoms with van der Waals surface area (Å²) >= 11 is 9.25. The van der Waals surface area contributed by atoms with E-state index in [9.17, 15) is 4.79 Å². The van der Waals surface area contributed by atoms with Crippen LogP contribution in [0.5, 0.6) is 11.5 Å². The number of ether oxygens (including phenoxy) is 2. The Kier molecular flexibility index (Phi) is 6.68. The van der Waals surface area contributed by atoms with Crippen molar-refractivity contribution in [1.82, 2.24) is 0 Å². The summed E-state index contributed by atoms with van der Waals surface area (Å²) in [5, 5.41) is 12.4. The highest BCUT2D eigenvalue weighted by Gasteiger charge is 2.14. The molecule has 0 aliphatic rings. The van der Waals surface area contributed by atoms with E-state index in [1.54, 1.807) is 30.3 Å². The lowest BCUT2D eigenvalue weighted by Gasteiger charge is -2.14. The number of anilines is 1. The third kappa shape index (κ3) is 5.12. The van der Waals surface area contributed by atoms with E-state index in [2.05, 4.69) is 21.2 Å². The second-order valence-electron chi connectivity index (χ2n) is 5.13. The van der Waals surface area contributed by atoms with Gasteiger partial charge in [-0.15, -0.1) is 0 Å². The van der Waals surface area contributed by atoms with Gasteiger partial charge in [-0.3, -0.25) is 4.79 Å². The first-order chi connectivity index (χ1) is 11.9. The van der Waals surface area contributed by atoms with Crippen molar-refractivity contribution in [3.8, 4) is 17.6 Å². The summed E-state index contributed by atoms with van der Waals surface area (Å²) in [6.45, 7) is 3.89. The van der Waals surface area contributed by atoms with Crippen LogP contribution >= 0.6 is 27.5 Å². The molecule has 0 radical (unpaired) electrons. The van der Waals surface area contributed by atoms with Crippen molar-refractivity contribution < 1.29 is 14.3 Å². The fraction of sp³-hybridized carbons (Fsp3) is 0.222. The second-order valence-corrected chi connectivity index (χ2v) is 6.42. The molecule has 0 bridgehead atoms. The van der Waals surface area contributed by atoms with Crippen molar-refractivity contribution >= 4 is 39.1 Å². The summed E-state index contributed by atoms with van der Waals surface area (Å²) in [7, 11) is 0. The molecule has 2 aromatic carbocycles. The van der Waals surface area contributed by atoms with Crippen LogP contribution in [0.3, 0.4) is 0 Å². The number of nitrogens with zero attached hydrogens (tertiary/aromatic N) is 1. The lowest BCUT2D eigenvalue weighted by molar-refractivity contribution is -0.118. The molecule has 0 spiro atoms. The van der Waals surface area contributed by atoms with Crippen LogP contribution in [0.4, 0.5) is 5.69 Å². The summed E-state index contributed by atoms with van der Waals surface area (Å²) in [4.78, 5) is 12.1. The zero-order valence-electron chi connectivity index (χ0n) is 13.7. The van der Waals surface area contributed by atoms with Crippen molar-refractivity contribution in [3.05, 3.63) is 51.0 Å². The van der Waals surface area contributed by atoms with Crippen molar-refractivity contribution in [2.45, 2.75) is 13.8 Å². The summed E-state index contributed by atoms with van der Waals surface area (Å²) in [5.74, 6) is 0.469. The maximum absolute atomic E-state index is 12.1. The van der Waals surface area contributed by atoms with E-state index < -0.39 is 0 Å². The molecule has 0 saturated carbocycles. The van der Waals surface area contributed by atoms with Crippen LogP contribution in [-0.2, 0) is 4.79 Å². The number of aryl methyl sites for hydroxylation is 1. The van der Waals surface area contributed by atoms with Crippen LogP contribution < -0.4 is 14.8 Å². The third-order valence-electron chi connectivity index (χ3n) is 3.25. The molecular formula is C18H16BrClN2O3. The van der Waals surface area contributed by atoms with E-state index in [0.29, 0.717) is 38.9 Å². The van der Waals surface area contributed by atoms with Crippen LogP contribution in [0.15, 0.2) is 34.8 Å². The third-order valence-corrected chi connectivity index (χ3v) is 4.07. The molecule has 25 heavy (non-hydrogen) atoms. The summed E-state index contributed by atoms with van der Waals surface area (Å²) < 4.78 is 11.6. The van der Waals surface area contributed by atoms with Crippen LogP contribution in [-0.4, -0.2) is 19.1 Å². The summed E-state index contributed by atoms with van der Waals surface area (Å²) in [5.41, 5.74) is 1.96. The van der Waals surface area contributed by atoms with E-state index in [1.807, 2.05) is 19.9 Å². The van der Waals surface area contributed by atoms with Gasteiger partial charge in [-0.25, -0.2) is 0 Å². The van der Waals surface area contributed by atoms with E-state index in [-0.39, 0.29) is 12.5 Å². The number of rotatable bonds is 6. The SMILES string of the molecule is CCOc1cc(C#N)cc(Br)c1OCC(=O)Nc1ccc(Cl)cc1C. The molecule has 1 amide bonds. The van der Waals surface area contributed by atoms with Gasteiger partial charge in [0.25, 0.3) is 5.91 Å². The normalized spacial score (nSPS) is 10.0. The lowest BCUT2D eigenvalue weighted by atomic mass is 10.2. The summed E-state index contributed by atoms with van der Waals surface area (Å²) in [6.07, 6.45) is 0. The van der Waals surface area contributed by atoms with Gasteiger partial charge < -0.3 is 14.8 Å². The zero-order chi connectivity index (χ0) is 18.4. The molecule has 0 fully saturated rings. The molecule has 0 saturated heterocycles. The van der Waals surface area contributed by atoms with Gasteiger partial charge in [0.15, 0.2) is 18.1 Å². The van der Waals surface area contributed by atoms with Gasteiger partial charge in [-0.2, -0.15) is 5.26 Å². The molecule has 0 atom stereocenters. The predicted molar refractivity (Wildman–Crippen MR) is 100 cm³/mol. The van der Waals surface area contributed by atoms with Gasteiger partial charge in [-0.1, -0.05) is 11.6 Å². The van der Waals surface area contributed by atoms with E-state index >= 15 is 0 Å². The minimum Gasteiger partial charge on any atom is -0.490 e. The maximum atomic E-state index is 12.1. The molecule has 7 heteroatoms. The number of nitrogens with one attached hydrogen (secondary N) is 1. The highest BCUT2D eigenvalue weighted by molar-refractivity contribution is 9.10. The van der Waals surface area contributed by atoms with Crippen LogP contribution in [0.1, 0.15) is 18.1 Å². The molecular weight excluding hydrogens is 408 g/mol. The quantitative estimate of drug-likeness (QED) is 0.731. The number of benzene rings is 2. The molecule has 2 rings (SSSR count). The average Bonchev–Trinajstić information content (AvgIpc) is 2.56. The minimum atomic E-state index is -0.316. The first-order valence-corrected chi connectivity index (χ1v) is 8.67. The van der Waals surface area contributed by atoms with Crippen molar-refractivity contribution in [2.24, 2.45) is 0 Å².